The van der Waals surface area contributed by atoms with Crippen molar-refractivity contribution in [1.29, 1.82) is 0 Å². The topological polar surface area (TPSA) is 26.0 Å². The molecule has 1 atom stereocenters. The number of hydrogen-bond donors (Lipinski definition) is 1. The van der Waals surface area contributed by atoms with Crippen LogP contribution in [0.1, 0.15) is 43.4 Å². The van der Waals surface area contributed by atoms with Gasteiger partial charge in [0, 0.05) is 4.88 Å². The minimum Gasteiger partial charge on any atom is -0.330 e. The third-order valence-electron chi connectivity index (χ3n) is 2.34. The van der Waals surface area contributed by atoms with Crippen molar-refractivity contribution in [3.63, 3.8) is 0 Å². The van der Waals surface area contributed by atoms with Crippen LogP contribution in [0.25, 0.3) is 0 Å². The van der Waals surface area contributed by atoms with Gasteiger partial charge in [0.1, 0.15) is 0 Å². The average molecular weight is 197 g/mol. The van der Waals surface area contributed by atoms with Gasteiger partial charge in [-0.25, -0.2) is 0 Å². The van der Waals surface area contributed by atoms with E-state index in [1.54, 1.807) is 0 Å². The number of nitrogens with two attached hydrogens (primary N) is 1. The maximum absolute atomic E-state index is 5.53. The standard InChI is InChI=1S/C11H19NS/c1-2-5-10(6-3-8-12)11-7-4-9-13-11/h4,7,9-10H,2-3,5-6,8,12H2,1H3. The fourth-order valence-electron chi connectivity index (χ4n) is 1.67. The van der Waals surface area contributed by atoms with E-state index in [9.17, 15) is 0 Å². The van der Waals surface area contributed by atoms with Crippen molar-refractivity contribution in [3.05, 3.63) is 22.4 Å². The van der Waals surface area contributed by atoms with Gasteiger partial charge in [0.05, 0.1) is 0 Å². The van der Waals surface area contributed by atoms with E-state index in [0.29, 0.717) is 0 Å². The molecule has 1 unspecified atom stereocenters. The number of hydrogen-bond acceptors (Lipinski definition) is 2. The SMILES string of the molecule is CCCC(CCCN)c1cccs1. The van der Waals surface area contributed by atoms with Crippen LogP contribution in [0.15, 0.2) is 17.5 Å². The molecule has 1 heterocycles. The van der Waals surface area contributed by atoms with Crippen molar-refractivity contribution in [2.24, 2.45) is 5.73 Å². The summed E-state index contributed by atoms with van der Waals surface area (Å²) in [6.45, 7) is 3.08. The Morgan fingerprint density at radius 2 is 2.31 bits per heavy atom. The van der Waals surface area contributed by atoms with E-state index in [0.717, 1.165) is 18.9 Å². The van der Waals surface area contributed by atoms with E-state index in [1.807, 2.05) is 11.3 Å². The van der Waals surface area contributed by atoms with E-state index in [1.165, 1.54) is 24.1 Å². The lowest BCUT2D eigenvalue weighted by Crippen LogP contribution is -2.03. The van der Waals surface area contributed by atoms with E-state index >= 15 is 0 Å². The largest absolute Gasteiger partial charge is 0.330 e. The van der Waals surface area contributed by atoms with Crippen LogP contribution in [0.4, 0.5) is 0 Å². The van der Waals surface area contributed by atoms with Gasteiger partial charge in [0.2, 0.25) is 0 Å². The third-order valence-corrected chi connectivity index (χ3v) is 3.37. The van der Waals surface area contributed by atoms with Gasteiger partial charge in [-0.1, -0.05) is 19.4 Å². The first kappa shape index (κ1) is 10.7. The minimum absolute atomic E-state index is 0.758. The molecule has 0 aliphatic carbocycles. The van der Waals surface area contributed by atoms with Crippen LogP contribution in [0.5, 0.6) is 0 Å². The molecule has 1 aromatic heterocycles. The van der Waals surface area contributed by atoms with Gasteiger partial charge < -0.3 is 5.73 Å². The summed E-state index contributed by atoms with van der Waals surface area (Å²) in [6, 6.07) is 4.40. The molecule has 0 aliphatic heterocycles. The molecule has 0 saturated heterocycles. The summed E-state index contributed by atoms with van der Waals surface area (Å²) in [4.78, 5) is 1.54. The molecule has 74 valence electrons. The van der Waals surface area contributed by atoms with E-state index in [2.05, 4.69) is 24.4 Å². The van der Waals surface area contributed by atoms with Crippen molar-refractivity contribution in [2.75, 3.05) is 6.54 Å². The maximum atomic E-state index is 5.53. The van der Waals surface area contributed by atoms with Gasteiger partial charge in [-0.15, -0.1) is 11.3 Å². The molecule has 0 aromatic carbocycles. The van der Waals surface area contributed by atoms with Crippen LogP contribution in [-0.2, 0) is 0 Å². The summed E-state index contributed by atoms with van der Waals surface area (Å²) in [5, 5.41) is 2.17. The summed E-state index contributed by atoms with van der Waals surface area (Å²) in [5.41, 5.74) is 5.53. The van der Waals surface area contributed by atoms with Gasteiger partial charge in [0.15, 0.2) is 0 Å². The van der Waals surface area contributed by atoms with Crippen molar-refractivity contribution >= 4 is 11.3 Å². The number of thiophene rings is 1. The Bertz CT molecular complexity index is 206. The highest BCUT2D eigenvalue weighted by Gasteiger charge is 2.10. The lowest BCUT2D eigenvalue weighted by molar-refractivity contribution is 0.557. The molecule has 0 amide bonds. The van der Waals surface area contributed by atoms with Gasteiger partial charge in [-0.3, -0.25) is 0 Å². The van der Waals surface area contributed by atoms with Crippen molar-refractivity contribution in [1.82, 2.24) is 0 Å². The van der Waals surface area contributed by atoms with E-state index in [-0.39, 0.29) is 0 Å². The van der Waals surface area contributed by atoms with Crippen molar-refractivity contribution in [2.45, 2.75) is 38.5 Å². The summed E-state index contributed by atoms with van der Waals surface area (Å²) in [6.07, 6.45) is 4.99. The highest BCUT2D eigenvalue weighted by atomic mass is 32.1. The predicted molar refractivity (Wildman–Crippen MR) is 60.3 cm³/mol. The molecule has 13 heavy (non-hydrogen) atoms. The highest BCUT2D eigenvalue weighted by molar-refractivity contribution is 7.10. The molecule has 0 aliphatic rings. The summed E-state index contributed by atoms with van der Waals surface area (Å²) in [5.74, 6) is 0.758. The molecular formula is C11H19NS. The fraction of sp³-hybridized carbons (Fsp3) is 0.636. The predicted octanol–water partition coefficient (Wildman–Crippen LogP) is 3.37. The molecule has 0 bridgehead atoms. The zero-order chi connectivity index (χ0) is 9.52. The molecule has 0 saturated carbocycles. The molecule has 1 aromatic rings. The molecule has 1 rings (SSSR count). The first-order valence-corrected chi connectivity index (χ1v) is 6.00. The van der Waals surface area contributed by atoms with Gasteiger partial charge >= 0.3 is 0 Å². The molecule has 0 radical (unpaired) electrons. The van der Waals surface area contributed by atoms with Crippen molar-refractivity contribution in [3.8, 4) is 0 Å². The third kappa shape index (κ3) is 3.49. The lowest BCUT2D eigenvalue weighted by Gasteiger charge is -2.13. The quantitative estimate of drug-likeness (QED) is 0.743. The Balaban J connectivity index is 2.47. The molecular weight excluding hydrogens is 178 g/mol. The Kier molecular flexibility index (Phi) is 5.09. The maximum Gasteiger partial charge on any atom is 0.00761 e. The van der Waals surface area contributed by atoms with E-state index < -0.39 is 0 Å². The molecule has 0 spiro atoms. The average Bonchev–Trinajstić information content (AvgIpc) is 2.65. The Morgan fingerprint density at radius 3 is 2.85 bits per heavy atom. The van der Waals surface area contributed by atoms with E-state index in [4.69, 9.17) is 5.73 Å². The number of rotatable bonds is 6. The summed E-state index contributed by atoms with van der Waals surface area (Å²) in [7, 11) is 0. The van der Waals surface area contributed by atoms with Crippen molar-refractivity contribution < 1.29 is 0 Å². The molecule has 0 fully saturated rings. The molecule has 1 nitrogen and oxygen atoms in total. The minimum atomic E-state index is 0.758. The van der Waals surface area contributed by atoms with Gasteiger partial charge in [0.25, 0.3) is 0 Å². The van der Waals surface area contributed by atoms with Crippen LogP contribution in [0, 0.1) is 0 Å². The molecule has 2 N–H and O–H groups in total. The zero-order valence-corrected chi connectivity index (χ0v) is 9.15. The van der Waals surface area contributed by atoms with Crippen LogP contribution < -0.4 is 5.73 Å². The van der Waals surface area contributed by atoms with Gasteiger partial charge in [-0.05, 0) is 43.2 Å². The Hall–Kier alpha value is -0.340. The first-order chi connectivity index (χ1) is 6.38. The smallest absolute Gasteiger partial charge is 0.00761 e. The fourth-order valence-corrected chi connectivity index (χ4v) is 2.56. The van der Waals surface area contributed by atoms with Crippen LogP contribution in [0.3, 0.4) is 0 Å². The normalized spacial score (nSPS) is 13.1. The van der Waals surface area contributed by atoms with Crippen LogP contribution in [-0.4, -0.2) is 6.54 Å². The monoisotopic (exact) mass is 197 g/mol. The summed E-state index contributed by atoms with van der Waals surface area (Å²) >= 11 is 1.88. The molecule has 2 heteroatoms. The first-order valence-electron chi connectivity index (χ1n) is 5.12. The lowest BCUT2D eigenvalue weighted by atomic mass is 9.96. The second kappa shape index (κ2) is 6.17. The van der Waals surface area contributed by atoms with Crippen LogP contribution in [0.2, 0.25) is 0 Å². The second-order valence-electron chi connectivity index (χ2n) is 3.43. The summed E-state index contributed by atoms with van der Waals surface area (Å²) < 4.78 is 0. The Labute approximate surface area is 85.0 Å². The van der Waals surface area contributed by atoms with Crippen LogP contribution >= 0.6 is 11.3 Å². The highest BCUT2D eigenvalue weighted by Crippen LogP contribution is 2.29. The zero-order valence-electron chi connectivity index (χ0n) is 8.33. The Morgan fingerprint density at radius 1 is 1.46 bits per heavy atom. The second-order valence-corrected chi connectivity index (χ2v) is 4.41. The van der Waals surface area contributed by atoms with Gasteiger partial charge in [-0.2, -0.15) is 0 Å².